The van der Waals surface area contributed by atoms with Gasteiger partial charge in [0.25, 0.3) is 5.91 Å². The summed E-state index contributed by atoms with van der Waals surface area (Å²) in [5, 5.41) is 11.1. The maximum absolute atomic E-state index is 13.5. The molecule has 0 heterocycles. The summed E-state index contributed by atoms with van der Waals surface area (Å²) in [6, 6.07) is 11.8. The van der Waals surface area contributed by atoms with Crippen molar-refractivity contribution in [1.29, 1.82) is 0 Å². The van der Waals surface area contributed by atoms with E-state index >= 15 is 0 Å². The zero-order valence-electron chi connectivity index (χ0n) is 10.9. The van der Waals surface area contributed by atoms with Crippen LogP contribution in [0.15, 0.2) is 48.5 Å². The van der Waals surface area contributed by atoms with Crippen molar-refractivity contribution in [1.82, 2.24) is 0 Å². The van der Waals surface area contributed by atoms with Gasteiger partial charge in [-0.15, -0.1) is 0 Å². The first-order valence-corrected chi connectivity index (χ1v) is 6.07. The summed E-state index contributed by atoms with van der Waals surface area (Å²) in [5.41, 5.74) is -0.313. The first kappa shape index (κ1) is 14.5. The molecule has 2 aromatic rings. The highest BCUT2D eigenvalue weighted by molar-refractivity contribution is 5.94. The molecular formula is C15H12FNO4. The number of hydrogen-bond donors (Lipinski definition) is 2. The zero-order valence-corrected chi connectivity index (χ0v) is 10.9. The predicted octanol–water partition coefficient (Wildman–Crippen LogP) is 2.54. The van der Waals surface area contributed by atoms with Crippen molar-refractivity contribution in [3.63, 3.8) is 0 Å². The number of nitrogens with one attached hydrogen (secondary N) is 1. The fraction of sp³-hybridized carbons (Fsp3) is 0.0667. The SMILES string of the molecule is O=C(COc1ccccc1)Nc1cc(C(=O)O)ccc1F. The van der Waals surface area contributed by atoms with Crippen LogP contribution in [0.3, 0.4) is 0 Å². The van der Waals surface area contributed by atoms with Crippen LogP contribution in [0.5, 0.6) is 5.75 Å². The van der Waals surface area contributed by atoms with Crippen LogP contribution in [0.2, 0.25) is 0 Å². The Bertz CT molecular complexity index is 658. The molecule has 108 valence electrons. The molecule has 0 aromatic heterocycles. The molecule has 0 aliphatic heterocycles. The fourth-order valence-electron chi connectivity index (χ4n) is 1.61. The monoisotopic (exact) mass is 289 g/mol. The van der Waals surface area contributed by atoms with Gasteiger partial charge in [0.15, 0.2) is 6.61 Å². The molecule has 0 bridgehead atoms. The third-order valence-corrected chi connectivity index (χ3v) is 2.60. The second kappa shape index (κ2) is 6.51. The van der Waals surface area contributed by atoms with Crippen molar-refractivity contribution < 1.29 is 23.8 Å². The summed E-state index contributed by atoms with van der Waals surface area (Å²) < 4.78 is 18.7. The van der Waals surface area contributed by atoms with Gasteiger partial charge in [-0.1, -0.05) is 18.2 Å². The third-order valence-electron chi connectivity index (χ3n) is 2.60. The van der Waals surface area contributed by atoms with Crippen LogP contribution in [0.1, 0.15) is 10.4 Å². The Morgan fingerprint density at radius 2 is 1.86 bits per heavy atom. The number of carbonyl (C=O) groups excluding carboxylic acids is 1. The maximum Gasteiger partial charge on any atom is 0.335 e. The van der Waals surface area contributed by atoms with E-state index in [1.54, 1.807) is 30.3 Å². The summed E-state index contributed by atoms with van der Waals surface area (Å²) in [4.78, 5) is 22.5. The number of hydrogen-bond acceptors (Lipinski definition) is 3. The quantitative estimate of drug-likeness (QED) is 0.887. The number of carboxylic acids is 1. The van der Waals surface area contributed by atoms with Gasteiger partial charge in [0.2, 0.25) is 0 Å². The van der Waals surface area contributed by atoms with Gasteiger partial charge in [-0.3, -0.25) is 4.79 Å². The van der Waals surface area contributed by atoms with Crippen LogP contribution in [-0.2, 0) is 4.79 Å². The van der Waals surface area contributed by atoms with Crippen LogP contribution in [0.4, 0.5) is 10.1 Å². The molecule has 0 unspecified atom stereocenters. The number of para-hydroxylation sites is 1. The van der Waals surface area contributed by atoms with Crippen molar-refractivity contribution in [2.45, 2.75) is 0 Å². The van der Waals surface area contributed by atoms with E-state index in [1.165, 1.54) is 0 Å². The van der Waals surface area contributed by atoms with Crippen molar-refractivity contribution >= 4 is 17.6 Å². The molecule has 0 spiro atoms. The van der Waals surface area contributed by atoms with Gasteiger partial charge in [0.1, 0.15) is 11.6 Å². The van der Waals surface area contributed by atoms with Gasteiger partial charge in [-0.05, 0) is 30.3 Å². The van der Waals surface area contributed by atoms with Gasteiger partial charge >= 0.3 is 5.97 Å². The maximum atomic E-state index is 13.5. The number of ether oxygens (including phenoxy) is 1. The molecule has 2 rings (SSSR count). The van der Waals surface area contributed by atoms with Crippen LogP contribution in [0.25, 0.3) is 0 Å². The molecular weight excluding hydrogens is 277 g/mol. The van der Waals surface area contributed by atoms with Crippen molar-refractivity contribution in [2.75, 3.05) is 11.9 Å². The average Bonchev–Trinajstić information content (AvgIpc) is 2.48. The average molecular weight is 289 g/mol. The van der Waals surface area contributed by atoms with Crippen molar-refractivity contribution in [3.8, 4) is 5.75 Å². The molecule has 2 N–H and O–H groups in total. The number of rotatable bonds is 5. The van der Waals surface area contributed by atoms with Gasteiger partial charge < -0.3 is 15.2 Å². The molecule has 0 fully saturated rings. The first-order chi connectivity index (χ1) is 10.1. The lowest BCUT2D eigenvalue weighted by Crippen LogP contribution is -2.21. The van der Waals surface area contributed by atoms with Crippen LogP contribution >= 0.6 is 0 Å². The Balaban J connectivity index is 1.99. The number of anilines is 1. The predicted molar refractivity (Wildman–Crippen MR) is 73.9 cm³/mol. The van der Waals surface area contributed by atoms with E-state index in [1.807, 2.05) is 0 Å². The summed E-state index contributed by atoms with van der Waals surface area (Å²) in [6.07, 6.45) is 0. The Morgan fingerprint density at radius 3 is 2.52 bits per heavy atom. The number of amides is 1. The lowest BCUT2D eigenvalue weighted by Gasteiger charge is -2.08. The van der Waals surface area contributed by atoms with Crippen LogP contribution in [-0.4, -0.2) is 23.6 Å². The minimum absolute atomic E-state index is 0.115. The Morgan fingerprint density at radius 1 is 1.14 bits per heavy atom. The molecule has 1 amide bonds. The van der Waals surface area contributed by atoms with Gasteiger partial charge in [0.05, 0.1) is 11.3 Å². The minimum Gasteiger partial charge on any atom is -0.484 e. The largest absolute Gasteiger partial charge is 0.484 e. The van der Waals surface area contributed by atoms with Crippen molar-refractivity contribution in [3.05, 3.63) is 59.9 Å². The van der Waals surface area contributed by atoms with E-state index in [0.717, 1.165) is 18.2 Å². The first-order valence-electron chi connectivity index (χ1n) is 6.07. The summed E-state index contributed by atoms with van der Waals surface area (Å²) in [6.45, 7) is -0.305. The number of carbonyl (C=O) groups is 2. The van der Waals surface area contributed by atoms with Crippen LogP contribution in [0, 0.1) is 5.82 Å². The molecule has 0 saturated heterocycles. The zero-order chi connectivity index (χ0) is 15.2. The Hall–Kier alpha value is -2.89. The molecule has 21 heavy (non-hydrogen) atoms. The van der Waals surface area contributed by atoms with Gasteiger partial charge in [-0.2, -0.15) is 0 Å². The van der Waals surface area contributed by atoms with Gasteiger partial charge in [-0.25, -0.2) is 9.18 Å². The van der Waals surface area contributed by atoms with E-state index in [-0.39, 0.29) is 17.9 Å². The number of halogens is 1. The smallest absolute Gasteiger partial charge is 0.335 e. The van der Waals surface area contributed by atoms with E-state index in [0.29, 0.717) is 5.75 Å². The second-order valence-corrected chi connectivity index (χ2v) is 4.15. The lowest BCUT2D eigenvalue weighted by molar-refractivity contribution is -0.118. The molecule has 2 aromatic carbocycles. The summed E-state index contributed by atoms with van der Waals surface area (Å²) in [7, 11) is 0. The lowest BCUT2D eigenvalue weighted by atomic mass is 10.2. The third kappa shape index (κ3) is 4.04. The number of carboxylic acid groups (broad SMARTS) is 1. The topological polar surface area (TPSA) is 75.6 Å². The fourth-order valence-corrected chi connectivity index (χ4v) is 1.61. The Kier molecular flexibility index (Phi) is 4.50. The molecule has 0 radical (unpaired) electrons. The molecule has 0 aliphatic carbocycles. The highest BCUT2D eigenvalue weighted by Crippen LogP contribution is 2.16. The molecule has 0 aliphatic rings. The second-order valence-electron chi connectivity index (χ2n) is 4.15. The highest BCUT2D eigenvalue weighted by atomic mass is 19.1. The Labute approximate surface area is 120 Å². The molecule has 0 atom stereocenters. The standard InChI is InChI=1S/C15H12FNO4/c16-12-7-6-10(15(19)20)8-13(12)17-14(18)9-21-11-4-2-1-3-5-11/h1-8H,9H2,(H,17,18)(H,19,20). The van der Waals surface area contributed by atoms with E-state index in [4.69, 9.17) is 9.84 Å². The molecule has 5 nitrogen and oxygen atoms in total. The van der Waals surface area contributed by atoms with Crippen LogP contribution < -0.4 is 10.1 Å². The number of aromatic carboxylic acids is 1. The summed E-state index contributed by atoms with van der Waals surface area (Å²) >= 11 is 0. The highest BCUT2D eigenvalue weighted by Gasteiger charge is 2.11. The van der Waals surface area contributed by atoms with Gasteiger partial charge in [0, 0.05) is 0 Å². The normalized spacial score (nSPS) is 9.95. The van der Waals surface area contributed by atoms with E-state index < -0.39 is 17.7 Å². The number of benzene rings is 2. The molecule has 6 heteroatoms. The minimum atomic E-state index is -1.20. The van der Waals surface area contributed by atoms with Crippen molar-refractivity contribution in [2.24, 2.45) is 0 Å². The molecule has 0 saturated carbocycles. The van der Waals surface area contributed by atoms with E-state index in [2.05, 4.69) is 5.32 Å². The van der Waals surface area contributed by atoms with E-state index in [9.17, 15) is 14.0 Å². The summed E-state index contributed by atoms with van der Waals surface area (Å²) in [5.74, 6) is -1.99.